The summed E-state index contributed by atoms with van der Waals surface area (Å²) in [5.74, 6) is -0.0303. The number of ether oxygens (including phenoxy) is 1. The van der Waals surface area contributed by atoms with E-state index in [9.17, 15) is 9.59 Å². The zero-order valence-corrected chi connectivity index (χ0v) is 17.7. The zero-order chi connectivity index (χ0) is 20.7. The van der Waals surface area contributed by atoms with E-state index in [-0.39, 0.29) is 24.1 Å². The van der Waals surface area contributed by atoms with Crippen molar-refractivity contribution in [2.75, 3.05) is 37.5 Å². The van der Waals surface area contributed by atoms with Gasteiger partial charge in [-0.05, 0) is 50.5 Å². The van der Waals surface area contributed by atoms with E-state index in [1.54, 1.807) is 0 Å². The molecule has 0 aliphatic carbocycles. The molecule has 0 saturated carbocycles. The maximum atomic E-state index is 12.8. The molecule has 1 saturated heterocycles. The molecule has 2 rings (SSSR count). The van der Waals surface area contributed by atoms with Crippen LogP contribution in [0.15, 0.2) is 18.2 Å². The fraction of sp³-hybridized carbons (Fsp3) is 0.619. The van der Waals surface area contributed by atoms with Crippen LogP contribution in [-0.4, -0.2) is 56.2 Å². The molecule has 3 amide bonds. The van der Waals surface area contributed by atoms with E-state index in [4.69, 9.17) is 4.74 Å². The molecule has 7 nitrogen and oxygen atoms in total. The van der Waals surface area contributed by atoms with Crippen LogP contribution >= 0.6 is 0 Å². The minimum Gasteiger partial charge on any atom is -0.377 e. The van der Waals surface area contributed by atoms with Crippen molar-refractivity contribution in [2.45, 2.75) is 58.7 Å². The lowest BCUT2D eigenvalue weighted by molar-refractivity contribution is -0.115. The molecule has 0 bridgehead atoms. The fourth-order valence-corrected chi connectivity index (χ4v) is 3.27. The molecule has 0 aromatic heterocycles. The number of hydrogen-bond acceptors (Lipinski definition) is 4. The highest BCUT2D eigenvalue weighted by atomic mass is 16.5. The third-order valence-electron chi connectivity index (χ3n) is 4.67. The van der Waals surface area contributed by atoms with Crippen LogP contribution in [0.4, 0.5) is 16.2 Å². The van der Waals surface area contributed by atoms with E-state index < -0.39 is 0 Å². The highest BCUT2D eigenvalue weighted by Crippen LogP contribution is 2.25. The summed E-state index contributed by atoms with van der Waals surface area (Å²) < 4.78 is 5.76. The minimum atomic E-state index is -0.0989. The fourth-order valence-electron chi connectivity index (χ4n) is 3.27. The number of nitrogens with zero attached hydrogens (tertiary/aromatic N) is 2. The largest absolute Gasteiger partial charge is 0.377 e. The predicted molar refractivity (Wildman–Crippen MR) is 113 cm³/mol. The Labute approximate surface area is 168 Å². The van der Waals surface area contributed by atoms with E-state index in [1.807, 2.05) is 62.9 Å². The topological polar surface area (TPSA) is 73.9 Å². The molecule has 0 spiro atoms. The van der Waals surface area contributed by atoms with Crippen molar-refractivity contribution in [1.82, 2.24) is 10.2 Å². The number of carbonyl (C=O) groups is 2. The van der Waals surface area contributed by atoms with Crippen molar-refractivity contribution < 1.29 is 14.3 Å². The number of rotatable bonds is 8. The molecule has 1 aromatic carbocycles. The Bertz CT molecular complexity index is 670. The summed E-state index contributed by atoms with van der Waals surface area (Å²) in [4.78, 5) is 28.4. The van der Waals surface area contributed by atoms with Crippen molar-refractivity contribution in [3.05, 3.63) is 23.8 Å². The first-order valence-electron chi connectivity index (χ1n) is 10.1. The lowest BCUT2D eigenvalue weighted by Crippen LogP contribution is -2.45. The average Bonchev–Trinajstić information content (AvgIpc) is 3.13. The molecule has 1 aliphatic heterocycles. The van der Waals surface area contributed by atoms with E-state index in [2.05, 4.69) is 10.6 Å². The van der Waals surface area contributed by atoms with Gasteiger partial charge < -0.3 is 25.2 Å². The second-order valence-corrected chi connectivity index (χ2v) is 7.76. The first kappa shape index (κ1) is 22.0. The number of benzene rings is 1. The average molecular weight is 391 g/mol. The Morgan fingerprint density at radius 1 is 1.29 bits per heavy atom. The van der Waals surface area contributed by atoms with Crippen LogP contribution in [0, 0.1) is 0 Å². The molecule has 1 aliphatic rings. The van der Waals surface area contributed by atoms with Crippen molar-refractivity contribution in [2.24, 2.45) is 0 Å². The molecule has 1 atom stereocenters. The van der Waals surface area contributed by atoms with Gasteiger partial charge in [-0.15, -0.1) is 0 Å². The summed E-state index contributed by atoms with van der Waals surface area (Å²) >= 11 is 0. The van der Waals surface area contributed by atoms with Crippen molar-refractivity contribution in [3.8, 4) is 0 Å². The lowest BCUT2D eigenvalue weighted by Gasteiger charge is -2.29. The first-order valence-corrected chi connectivity index (χ1v) is 10.1. The number of amides is 3. The molecule has 0 radical (unpaired) electrons. The molecular weight excluding hydrogens is 356 g/mol. The van der Waals surface area contributed by atoms with E-state index >= 15 is 0 Å². The van der Waals surface area contributed by atoms with Crippen LogP contribution < -0.4 is 15.5 Å². The van der Waals surface area contributed by atoms with Gasteiger partial charge in [0.1, 0.15) is 0 Å². The van der Waals surface area contributed by atoms with Crippen LogP contribution in [0.1, 0.15) is 45.6 Å². The molecule has 1 aromatic rings. The van der Waals surface area contributed by atoms with E-state index in [0.29, 0.717) is 19.5 Å². The molecule has 1 heterocycles. The smallest absolute Gasteiger partial charge is 0.317 e. The van der Waals surface area contributed by atoms with Gasteiger partial charge in [0.05, 0.1) is 6.10 Å². The van der Waals surface area contributed by atoms with Crippen LogP contribution in [0.2, 0.25) is 0 Å². The standard InChI is InChI=1S/C21H34N4O3/c1-6-20(26)23-17-9-10-19(24(4)5)16(12-17)13-25(21(27)22-15(2)3)14-18-8-7-11-28-18/h9-10,12,15,18H,6-8,11,13-14H2,1-5H3,(H,22,27)(H,23,26)/t18-/m1/s1. The second-order valence-electron chi connectivity index (χ2n) is 7.76. The number of carbonyl (C=O) groups excluding carboxylic acids is 2. The summed E-state index contributed by atoms with van der Waals surface area (Å²) in [6, 6.07) is 5.78. The molecule has 1 fully saturated rings. The molecule has 156 valence electrons. The maximum absolute atomic E-state index is 12.8. The van der Waals surface area contributed by atoms with Crippen LogP contribution in [0.3, 0.4) is 0 Å². The summed E-state index contributed by atoms with van der Waals surface area (Å²) in [5.41, 5.74) is 2.74. The Morgan fingerprint density at radius 3 is 2.61 bits per heavy atom. The van der Waals surface area contributed by atoms with Gasteiger partial charge in [-0.25, -0.2) is 4.79 Å². The molecular formula is C21H34N4O3. The summed E-state index contributed by atoms with van der Waals surface area (Å²) in [7, 11) is 3.95. The van der Waals surface area contributed by atoms with Gasteiger partial charge in [0.25, 0.3) is 0 Å². The first-order chi connectivity index (χ1) is 13.3. The van der Waals surface area contributed by atoms with Crippen LogP contribution in [0.5, 0.6) is 0 Å². The molecule has 28 heavy (non-hydrogen) atoms. The van der Waals surface area contributed by atoms with Gasteiger partial charge in [0, 0.05) is 57.6 Å². The van der Waals surface area contributed by atoms with E-state index in [0.717, 1.165) is 36.4 Å². The Balaban J connectivity index is 2.26. The van der Waals surface area contributed by atoms with Gasteiger partial charge >= 0.3 is 6.03 Å². The number of anilines is 2. The summed E-state index contributed by atoms with van der Waals surface area (Å²) in [5, 5.41) is 5.89. The highest BCUT2D eigenvalue weighted by molar-refractivity contribution is 5.90. The Kier molecular flexibility index (Phi) is 8.11. The maximum Gasteiger partial charge on any atom is 0.317 e. The Hall–Kier alpha value is -2.28. The third-order valence-corrected chi connectivity index (χ3v) is 4.67. The van der Waals surface area contributed by atoms with Gasteiger partial charge in [0.15, 0.2) is 0 Å². The summed E-state index contributed by atoms with van der Waals surface area (Å²) in [6.07, 6.45) is 2.50. The van der Waals surface area contributed by atoms with Gasteiger partial charge in [-0.2, -0.15) is 0 Å². The Morgan fingerprint density at radius 2 is 2.04 bits per heavy atom. The molecule has 2 N–H and O–H groups in total. The number of urea groups is 1. The quantitative estimate of drug-likeness (QED) is 0.715. The van der Waals surface area contributed by atoms with Crippen LogP contribution in [-0.2, 0) is 16.1 Å². The lowest BCUT2D eigenvalue weighted by atomic mass is 10.1. The summed E-state index contributed by atoms with van der Waals surface area (Å²) in [6.45, 7) is 7.48. The SMILES string of the molecule is CCC(=O)Nc1ccc(N(C)C)c(CN(C[C@H]2CCCO2)C(=O)NC(C)C)c1. The normalized spacial score (nSPS) is 16.1. The third kappa shape index (κ3) is 6.41. The molecule has 7 heteroatoms. The highest BCUT2D eigenvalue weighted by Gasteiger charge is 2.24. The monoisotopic (exact) mass is 390 g/mol. The van der Waals surface area contributed by atoms with Crippen LogP contribution in [0.25, 0.3) is 0 Å². The van der Waals surface area contributed by atoms with Crippen molar-refractivity contribution >= 4 is 23.3 Å². The van der Waals surface area contributed by atoms with Gasteiger partial charge in [-0.3, -0.25) is 4.79 Å². The van der Waals surface area contributed by atoms with Gasteiger partial charge in [0.2, 0.25) is 5.91 Å². The minimum absolute atomic E-state index is 0.0303. The molecule has 0 unspecified atom stereocenters. The second kappa shape index (κ2) is 10.3. The van der Waals surface area contributed by atoms with Crippen molar-refractivity contribution in [1.29, 1.82) is 0 Å². The predicted octanol–water partition coefficient (Wildman–Crippen LogP) is 3.20. The zero-order valence-electron chi connectivity index (χ0n) is 17.7. The van der Waals surface area contributed by atoms with Gasteiger partial charge in [-0.1, -0.05) is 6.92 Å². The number of hydrogen-bond donors (Lipinski definition) is 2. The number of nitrogens with one attached hydrogen (secondary N) is 2. The van der Waals surface area contributed by atoms with E-state index in [1.165, 1.54) is 0 Å². The van der Waals surface area contributed by atoms with Crippen molar-refractivity contribution in [3.63, 3.8) is 0 Å².